The number of nitrogens with one attached hydrogen (secondary N) is 1. The van der Waals surface area contributed by atoms with Gasteiger partial charge in [-0.15, -0.1) is 11.3 Å². The van der Waals surface area contributed by atoms with Crippen LogP contribution in [0.3, 0.4) is 0 Å². The zero-order valence-corrected chi connectivity index (χ0v) is 11.8. The van der Waals surface area contributed by atoms with Crippen LogP contribution in [0.1, 0.15) is 18.7 Å². The Balaban J connectivity index is 2.23. The molecule has 0 bridgehead atoms. The van der Waals surface area contributed by atoms with Crippen molar-refractivity contribution in [2.24, 2.45) is 5.92 Å². The molecule has 0 radical (unpaired) electrons. The van der Waals surface area contributed by atoms with Gasteiger partial charge in [0.25, 0.3) is 0 Å². The van der Waals surface area contributed by atoms with Crippen LogP contribution in [-0.4, -0.2) is 30.1 Å². The van der Waals surface area contributed by atoms with Crippen LogP contribution >= 0.6 is 23.6 Å². The van der Waals surface area contributed by atoms with Crippen molar-refractivity contribution in [2.75, 3.05) is 20.1 Å². The van der Waals surface area contributed by atoms with Gasteiger partial charge in [0, 0.05) is 25.0 Å². The highest BCUT2D eigenvalue weighted by Gasteiger charge is 2.04. The quantitative estimate of drug-likeness (QED) is 0.816. The second-order valence-corrected chi connectivity index (χ2v) is 5.75. The van der Waals surface area contributed by atoms with Crippen LogP contribution in [0.15, 0.2) is 17.5 Å². The molecular weight excluding hydrogens is 236 g/mol. The van der Waals surface area contributed by atoms with Crippen molar-refractivity contribution in [3.8, 4) is 0 Å². The minimum absolute atomic E-state index is 0.628. The number of rotatable bonds is 5. The van der Waals surface area contributed by atoms with E-state index in [-0.39, 0.29) is 0 Å². The maximum absolute atomic E-state index is 5.31. The summed E-state index contributed by atoms with van der Waals surface area (Å²) >= 11 is 7.11. The molecule has 16 heavy (non-hydrogen) atoms. The molecule has 1 heterocycles. The predicted octanol–water partition coefficient (Wildman–Crippen LogP) is 2.75. The average molecular weight is 256 g/mol. The van der Waals surface area contributed by atoms with Crippen molar-refractivity contribution in [1.29, 1.82) is 0 Å². The van der Waals surface area contributed by atoms with E-state index in [1.807, 2.05) is 7.05 Å². The number of thiophene rings is 1. The highest BCUT2D eigenvalue weighted by molar-refractivity contribution is 7.80. The van der Waals surface area contributed by atoms with Crippen LogP contribution in [0.25, 0.3) is 0 Å². The minimum atomic E-state index is 0.628. The van der Waals surface area contributed by atoms with Gasteiger partial charge in [0.1, 0.15) is 0 Å². The molecule has 0 aliphatic heterocycles. The van der Waals surface area contributed by atoms with E-state index >= 15 is 0 Å². The van der Waals surface area contributed by atoms with Gasteiger partial charge in [0.05, 0.1) is 0 Å². The third-order valence-electron chi connectivity index (χ3n) is 2.28. The lowest BCUT2D eigenvalue weighted by Crippen LogP contribution is -2.39. The lowest BCUT2D eigenvalue weighted by molar-refractivity contribution is 0.488. The molecule has 1 N–H and O–H groups in total. The van der Waals surface area contributed by atoms with Gasteiger partial charge in [-0.25, -0.2) is 0 Å². The van der Waals surface area contributed by atoms with Gasteiger partial charge in [-0.2, -0.15) is 0 Å². The lowest BCUT2D eigenvalue weighted by Gasteiger charge is -2.21. The van der Waals surface area contributed by atoms with E-state index in [9.17, 15) is 0 Å². The van der Waals surface area contributed by atoms with Crippen molar-refractivity contribution in [3.05, 3.63) is 22.4 Å². The number of likely N-dealkylation sites (N-methyl/N-ethyl adjacent to an activating group) is 1. The fourth-order valence-electron chi connectivity index (χ4n) is 1.26. The second kappa shape index (κ2) is 6.86. The van der Waals surface area contributed by atoms with E-state index in [1.165, 1.54) is 4.88 Å². The molecule has 90 valence electrons. The van der Waals surface area contributed by atoms with Crippen molar-refractivity contribution < 1.29 is 0 Å². The van der Waals surface area contributed by atoms with Crippen LogP contribution in [0.4, 0.5) is 0 Å². The Bertz CT molecular complexity index is 307. The maximum Gasteiger partial charge on any atom is 0.168 e. The first-order chi connectivity index (χ1) is 7.59. The van der Waals surface area contributed by atoms with E-state index < -0.39 is 0 Å². The monoisotopic (exact) mass is 256 g/mol. The summed E-state index contributed by atoms with van der Waals surface area (Å²) in [6, 6.07) is 4.26. The van der Waals surface area contributed by atoms with E-state index in [0.717, 1.165) is 24.6 Å². The normalized spacial score (nSPS) is 10.5. The van der Waals surface area contributed by atoms with Crippen molar-refractivity contribution in [3.63, 3.8) is 0 Å². The molecule has 0 amide bonds. The van der Waals surface area contributed by atoms with E-state index in [1.54, 1.807) is 11.3 Å². The van der Waals surface area contributed by atoms with Gasteiger partial charge in [0.15, 0.2) is 5.11 Å². The molecule has 2 nitrogen and oxygen atoms in total. The van der Waals surface area contributed by atoms with E-state index in [0.29, 0.717) is 5.92 Å². The lowest BCUT2D eigenvalue weighted by atomic mass is 10.2. The summed E-state index contributed by atoms with van der Waals surface area (Å²) in [6.07, 6.45) is 1.07. The first-order valence-corrected chi connectivity index (χ1v) is 6.89. The largest absolute Gasteiger partial charge is 0.362 e. The van der Waals surface area contributed by atoms with E-state index in [4.69, 9.17) is 12.2 Å². The highest BCUT2D eigenvalue weighted by atomic mass is 32.1. The molecule has 1 aromatic rings. The molecule has 0 aliphatic rings. The molecule has 0 saturated carbocycles. The molecule has 0 fully saturated rings. The molecule has 1 rings (SSSR count). The third kappa shape index (κ3) is 4.94. The Hall–Kier alpha value is -0.610. The van der Waals surface area contributed by atoms with Gasteiger partial charge < -0.3 is 10.2 Å². The molecule has 0 saturated heterocycles. The van der Waals surface area contributed by atoms with Gasteiger partial charge >= 0.3 is 0 Å². The van der Waals surface area contributed by atoms with Crippen molar-refractivity contribution in [1.82, 2.24) is 10.2 Å². The van der Waals surface area contributed by atoms with Gasteiger partial charge in [-0.3, -0.25) is 0 Å². The van der Waals surface area contributed by atoms with Crippen LogP contribution in [0, 0.1) is 5.92 Å². The standard InChI is InChI=1S/C12H20N2S2/c1-10(2)9-13-12(15)14(3)7-6-11-5-4-8-16-11/h4-5,8,10H,6-7,9H2,1-3H3,(H,13,15). The smallest absolute Gasteiger partial charge is 0.168 e. The first-order valence-electron chi connectivity index (χ1n) is 5.61. The molecule has 4 heteroatoms. The minimum Gasteiger partial charge on any atom is -0.362 e. The zero-order chi connectivity index (χ0) is 12.0. The van der Waals surface area contributed by atoms with Crippen molar-refractivity contribution >= 4 is 28.7 Å². The summed E-state index contributed by atoms with van der Waals surface area (Å²) in [6.45, 7) is 6.29. The maximum atomic E-state index is 5.31. The second-order valence-electron chi connectivity index (χ2n) is 4.33. The molecular formula is C12H20N2S2. The van der Waals surface area contributed by atoms with Gasteiger partial charge in [-0.05, 0) is 36.0 Å². The number of nitrogens with zero attached hydrogens (tertiary/aromatic N) is 1. The Kier molecular flexibility index (Phi) is 5.77. The fourth-order valence-corrected chi connectivity index (χ4v) is 2.13. The van der Waals surface area contributed by atoms with Crippen LogP contribution in [0.5, 0.6) is 0 Å². The number of hydrogen-bond donors (Lipinski definition) is 1. The Morgan fingerprint density at radius 2 is 2.31 bits per heavy atom. The Morgan fingerprint density at radius 3 is 2.88 bits per heavy atom. The van der Waals surface area contributed by atoms with E-state index in [2.05, 4.69) is 41.6 Å². The summed E-state index contributed by atoms with van der Waals surface area (Å²) in [5.41, 5.74) is 0. The van der Waals surface area contributed by atoms with Crippen molar-refractivity contribution in [2.45, 2.75) is 20.3 Å². The molecule has 0 atom stereocenters. The van der Waals surface area contributed by atoms with Gasteiger partial charge in [-0.1, -0.05) is 19.9 Å². The summed E-state index contributed by atoms with van der Waals surface area (Å²) in [7, 11) is 2.04. The predicted molar refractivity (Wildman–Crippen MR) is 76.1 cm³/mol. The zero-order valence-electron chi connectivity index (χ0n) is 10.2. The molecule has 0 unspecified atom stereocenters. The first kappa shape index (κ1) is 13.5. The third-order valence-corrected chi connectivity index (χ3v) is 3.67. The topological polar surface area (TPSA) is 15.3 Å². The number of hydrogen-bond acceptors (Lipinski definition) is 2. The van der Waals surface area contributed by atoms with Gasteiger partial charge in [0.2, 0.25) is 0 Å². The molecule has 0 aromatic carbocycles. The average Bonchev–Trinajstić information content (AvgIpc) is 2.75. The summed E-state index contributed by atoms with van der Waals surface area (Å²) < 4.78 is 0. The number of thiocarbonyl (C=S) groups is 1. The highest BCUT2D eigenvalue weighted by Crippen LogP contribution is 2.09. The molecule has 1 aromatic heterocycles. The fraction of sp³-hybridized carbons (Fsp3) is 0.583. The Labute approximate surface area is 108 Å². The van der Waals surface area contributed by atoms with Crippen LogP contribution < -0.4 is 5.32 Å². The van der Waals surface area contributed by atoms with Crippen LogP contribution in [-0.2, 0) is 6.42 Å². The summed E-state index contributed by atoms with van der Waals surface area (Å²) in [4.78, 5) is 3.52. The summed E-state index contributed by atoms with van der Waals surface area (Å²) in [5.74, 6) is 0.628. The Morgan fingerprint density at radius 1 is 1.56 bits per heavy atom. The summed E-state index contributed by atoms with van der Waals surface area (Å²) in [5, 5.41) is 6.24. The molecule has 0 spiro atoms. The molecule has 0 aliphatic carbocycles. The SMILES string of the molecule is CC(C)CNC(=S)N(C)CCc1cccs1. The van der Waals surface area contributed by atoms with Crippen LogP contribution in [0.2, 0.25) is 0 Å².